The molecular formula is C22H29N3O4. The third-order valence-electron chi connectivity index (χ3n) is 6.13. The number of furan rings is 1. The first kappa shape index (κ1) is 19.9. The van der Waals surface area contributed by atoms with E-state index >= 15 is 0 Å². The first-order chi connectivity index (χ1) is 14.0. The predicted molar refractivity (Wildman–Crippen MR) is 110 cm³/mol. The Balaban J connectivity index is 1.31. The Kier molecular flexibility index (Phi) is 5.87. The van der Waals surface area contributed by atoms with Crippen molar-refractivity contribution in [3.05, 3.63) is 35.1 Å². The molecule has 0 bridgehead atoms. The van der Waals surface area contributed by atoms with Crippen LogP contribution in [0.1, 0.15) is 16.7 Å². The van der Waals surface area contributed by atoms with Crippen molar-refractivity contribution < 1.29 is 18.7 Å². The van der Waals surface area contributed by atoms with Crippen molar-refractivity contribution in [3.63, 3.8) is 0 Å². The lowest BCUT2D eigenvalue weighted by atomic mass is 10.0. The van der Waals surface area contributed by atoms with Crippen LogP contribution in [-0.2, 0) is 20.7 Å². The van der Waals surface area contributed by atoms with E-state index in [1.54, 1.807) is 6.26 Å². The lowest BCUT2D eigenvalue weighted by molar-refractivity contribution is -0.140. The zero-order valence-corrected chi connectivity index (χ0v) is 17.3. The molecule has 2 amide bonds. The van der Waals surface area contributed by atoms with Crippen molar-refractivity contribution in [3.8, 4) is 0 Å². The number of carbonyl (C=O) groups is 2. The number of fused-ring (bicyclic) bond motifs is 1. The van der Waals surface area contributed by atoms with Gasteiger partial charge in [0, 0.05) is 50.2 Å². The van der Waals surface area contributed by atoms with Gasteiger partial charge in [-0.1, -0.05) is 12.1 Å². The molecule has 0 saturated carbocycles. The average molecular weight is 399 g/mol. The van der Waals surface area contributed by atoms with Crippen molar-refractivity contribution in [2.45, 2.75) is 20.3 Å². The van der Waals surface area contributed by atoms with Crippen LogP contribution in [0.5, 0.6) is 0 Å². The van der Waals surface area contributed by atoms with Crippen molar-refractivity contribution in [2.75, 3.05) is 59.0 Å². The number of amides is 2. The van der Waals surface area contributed by atoms with Crippen molar-refractivity contribution >= 4 is 22.8 Å². The number of hydrogen-bond donors (Lipinski definition) is 0. The maximum atomic E-state index is 12.8. The van der Waals surface area contributed by atoms with Crippen molar-refractivity contribution in [1.82, 2.24) is 14.7 Å². The van der Waals surface area contributed by atoms with Crippen LogP contribution in [-0.4, -0.2) is 85.5 Å². The largest absolute Gasteiger partial charge is 0.464 e. The summed E-state index contributed by atoms with van der Waals surface area (Å²) in [5.41, 5.74) is 4.10. The van der Waals surface area contributed by atoms with Gasteiger partial charge >= 0.3 is 0 Å². The van der Waals surface area contributed by atoms with Gasteiger partial charge in [-0.3, -0.25) is 14.5 Å². The highest BCUT2D eigenvalue weighted by Crippen LogP contribution is 2.27. The Morgan fingerprint density at radius 3 is 2.28 bits per heavy atom. The summed E-state index contributed by atoms with van der Waals surface area (Å²) in [6.45, 7) is 9.90. The normalized spacial score (nSPS) is 18.4. The van der Waals surface area contributed by atoms with Gasteiger partial charge in [0.15, 0.2) is 0 Å². The Bertz CT molecular complexity index is 893. The topological polar surface area (TPSA) is 66.2 Å². The van der Waals surface area contributed by atoms with Crippen LogP contribution < -0.4 is 0 Å². The minimum atomic E-state index is 0.0891. The lowest BCUT2D eigenvalue weighted by Crippen LogP contribution is -2.53. The smallest absolute Gasteiger partial charge is 0.236 e. The van der Waals surface area contributed by atoms with Gasteiger partial charge in [-0.2, -0.15) is 0 Å². The monoisotopic (exact) mass is 399 g/mol. The van der Waals surface area contributed by atoms with Gasteiger partial charge in [0.1, 0.15) is 5.58 Å². The second kappa shape index (κ2) is 8.55. The second-order valence-electron chi connectivity index (χ2n) is 7.97. The molecule has 0 spiro atoms. The number of piperazine rings is 1. The average Bonchev–Trinajstić information content (AvgIpc) is 3.15. The molecule has 2 aliphatic rings. The van der Waals surface area contributed by atoms with E-state index in [1.807, 2.05) is 22.8 Å². The van der Waals surface area contributed by atoms with E-state index in [0.29, 0.717) is 52.4 Å². The number of ether oxygens (including phenoxy) is 1. The van der Waals surface area contributed by atoms with Crippen LogP contribution in [0.15, 0.2) is 22.8 Å². The summed E-state index contributed by atoms with van der Waals surface area (Å²) < 4.78 is 11.1. The zero-order chi connectivity index (χ0) is 20.4. The molecule has 2 saturated heterocycles. The maximum Gasteiger partial charge on any atom is 0.236 e. The summed E-state index contributed by atoms with van der Waals surface area (Å²) in [5, 5.41) is 1.01. The highest BCUT2D eigenvalue weighted by Gasteiger charge is 2.26. The van der Waals surface area contributed by atoms with Gasteiger partial charge in [0.05, 0.1) is 32.4 Å². The minimum absolute atomic E-state index is 0.0891. The first-order valence-corrected chi connectivity index (χ1v) is 10.3. The molecule has 2 aromatic rings. The minimum Gasteiger partial charge on any atom is -0.464 e. The van der Waals surface area contributed by atoms with Crippen molar-refractivity contribution in [2.24, 2.45) is 0 Å². The fourth-order valence-corrected chi connectivity index (χ4v) is 4.06. The molecule has 2 fully saturated rings. The second-order valence-corrected chi connectivity index (χ2v) is 7.97. The Morgan fingerprint density at radius 1 is 0.931 bits per heavy atom. The van der Waals surface area contributed by atoms with Gasteiger partial charge in [0.2, 0.25) is 11.8 Å². The van der Waals surface area contributed by atoms with E-state index in [4.69, 9.17) is 9.15 Å². The van der Waals surface area contributed by atoms with E-state index in [-0.39, 0.29) is 11.8 Å². The quantitative estimate of drug-likeness (QED) is 0.781. The van der Waals surface area contributed by atoms with E-state index in [0.717, 1.165) is 35.2 Å². The highest BCUT2D eigenvalue weighted by molar-refractivity contribution is 5.89. The molecule has 3 heterocycles. The molecule has 4 rings (SSSR count). The zero-order valence-electron chi connectivity index (χ0n) is 17.3. The Morgan fingerprint density at radius 2 is 1.59 bits per heavy atom. The molecule has 0 radical (unpaired) electrons. The molecule has 7 heteroatoms. The molecule has 0 N–H and O–H groups in total. The fraction of sp³-hybridized carbons (Fsp3) is 0.545. The molecule has 156 valence electrons. The first-order valence-electron chi connectivity index (χ1n) is 10.3. The number of benzene rings is 1. The SMILES string of the molecule is Cc1ccc2c(CC(=O)N3CCN(C(=O)CN4CCOCC4)CC3)coc2c1C. The summed E-state index contributed by atoms with van der Waals surface area (Å²) in [6.07, 6.45) is 2.04. The number of rotatable bonds is 4. The van der Waals surface area contributed by atoms with Crippen LogP contribution >= 0.6 is 0 Å². The number of morpholine rings is 1. The number of nitrogens with zero attached hydrogens (tertiary/aromatic N) is 3. The standard InChI is InChI=1S/C22H29N3O4/c1-16-3-4-19-18(15-29-22(19)17(16)2)13-20(26)24-5-7-25(8-6-24)21(27)14-23-9-11-28-12-10-23/h3-4,15H,5-14H2,1-2H3. The van der Waals surface area contributed by atoms with E-state index in [1.165, 1.54) is 5.56 Å². The molecule has 0 aliphatic carbocycles. The van der Waals surface area contributed by atoms with Crippen LogP contribution in [0.3, 0.4) is 0 Å². The van der Waals surface area contributed by atoms with E-state index in [2.05, 4.69) is 17.9 Å². The summed E-state index contributed by atoms with van der Waals surface area (Å²) >= 11 is 0. The van der Waals surface area contributed by atoms with Gasteiger partial charge < -0.3 is 19.0 Å². The molecule has 7 nitrogen and oxygen atoms in total. The Hall–Kier alpha value is -2.38. The summed E-state index contributed by atoms with van der Waals surface area (Å²) in [5.74, 6) is 0.233. The molecule has 1 aromatic heterocycles. The van der Waals surface area contributed by atoms with Gasteiger partial charge in [-0.05, 0) is 25.0 Å². The van der Waals surface area contributed by atoms with Gasteiger partial charge in [0.25, 0.3) is 0 Å². The van der Waals surface area contributed by atoms with Crippen molar-refractivity contribution in [1.29, 1.82) is 0 Å². The molecular weight excluding hydrogens is 370 g/mol. The van der Waals surface area contributed by atoms with E-state index < -0.39 is 0 Å². The molecule has 0 unspecified atom stereocenters. The fourth-order valence-electron chi connectivity index (χ4n) is 4.06. The van der Waals surface area contributed by atoms with Crippen LogP contribution in [0.25, 0.3) is 11.0 Å². The number of aryl methyl sites for hydroxylation is 2. The highest BCUT2D eigenvalue weighted by atomic mass is 16.5. The van der Waals surface area contributed by atoms with Crippen LogP contribution in [0.4, 0.5) is 0 Å². The van der Waals surface area contributed by atoms with Crippen LogP contribution in [0.2, 0.25) is 0 Å². The van der Waals surface area contributed by atoms with E-state index in [9.17, 15) is 9.59 Å². The molecule has 0 atom stereocenters. The third-order valence-corrected chi connectivity index (χ3v) is 6.13. The number of carbonyl (C=O) groups excluding carboxylic acids is 2. The molecule has 1 aromatic carbocycles. The third kappa shape index (κ3) is 4.31. The van der Waals surface area contributed by atoms with Crippen LogP contribution in [0, 0.1) is 13.8 Å². The van der Waals surface area contributed by atoms with Gasteiger partial charge in [-0.25, -0.2) is 0 Å². The Labute approximate surface area is 171 Å². The summed E-state index contributed by atoms with van der Waals surface area (Å²) in [4.78, 5) is 31.2. The van der Waals surface area contributed by atoms with Gasteiger partial charge in [-0.15, -0.1) is 0 Å². The summed E-state index contributed by atoms with van der Waals surface area (Å²) in [6, 6.07) is 4.10. The predicted octanol–water partition coefficient (Wildman–Crippen LogP) is 1.60. The maximum absolute atomic E-state index is 12.8. The molecule has 29 heavy (non-hydrogen) atoms. The lowest BCUT2D eigenvalue weighted by Gasteiger charge is -2.36. The summed E-state index contributed by atoms with van der Waals surface area (Å²) in [7, 11) is 0. The molecule has 2 aliphatic heterocycles. The number of hydrogen-bond acceptors (Lipinski definition) is 5.